The number of benzene rings is 2. The Balaban J connectivity index is 1.45. The largest absolute Gasteiger partial charge is 0.469 e. The lowest BCUT2D eigenvalue weighted by Gasteiger charge is -2.36. The number of hydrogen-bond donors (Lipinski definition) is 1. The highest BCUT2D eigenvalue weighted by atomic mass is 19.4. The molecule has 0 fully saturated rings. The first-order valence-corrected chi connectivity index (χ1v) is 11.3. The molecule has 7 nitrogen and oxygen atoms in total. The average Bonchev–Trinajstić information content (AvgIpc) is 3.50. The number of hydrogen-bond acceptors (Lipinski definition) is 5. The summed E-state index contributed by atoms with van der Waals surface area (Å²) in [5.41, 5.74) is 8.51. The summed E-state index contributed by atoms with van der Waals surface area (Å²) in [5.74, 6) is 0.829. The van der Waals surface area contributed by atoms with Crippen molar-refractivity contribution in [3.05, 3.63) is 89.0 Å². The van der Waals surface area contributed by atoms with Crippen LogP contribution in [-0.2, 0) is 19.6 Å². The summed E-state index contributed by atoms with van der Waals surface area (Å²) < 4.78 is 46.7. The highest BCUT2D eigenvalue weighted by Gasteiger charge is 2.36. The van der Waals surface area contributed by atoms with E-state index < -0.39 is 17.8 Å². The van der Waals surface area contributed by atoms with E-state index >= 15 is 0 Å². The van der Waals surface area contributed by atoms with Crippen molar-refractivity contribution < 1.29 is 22.4 Å². The van der Waals surface area contributed by atoms with Crippen molar-refractivity contribution in [2.75, 3.05) is 12.3 Å². The minimum atomic E-state index is -4.44. The molecule has 2 N–H and O–H groups in total. The molecule has 182 valence electrons. The molecule has 1 atom stereocenters. The van der Waals surface area contributed by atoms with Gasteiger partial charge in [-0.3, -0.25) is 9.48 Å². The monoisotopic (exact) mass is 491 g/mol. The molecule has 1 unspecified atom stereocenters. The van der Waals surface area contributed by atoms with Crippen molar-refractivity contribution in [1.29, 1.82) is 0 Å². The van der Waals surface area contributed by atoms with Crippen molar-refractivity contribution in [1.82, 2.24) is 19.7 Å². The minimum Gasteiger partial charge on any atom is -0.469 e. The zero-order valence-electron chi connectivity index (χ0n) is 19.1. The number of pyridine rings is 1. The molecule has 4 heterocycles. The van der Waals surface area contributed by atoms with Crippen LogP contribution in [0, 0.1) is 0 Å². The molecular weight excluding hydrogens is 471 g/mol. The molecule has 0 aliphatic carbocycles. The molecule has 6 rings (SSSR count). The molecule has 0 saturated carbocycles. The van der Waals surface area contributed by atoms with E-state index in [2.05, 4.69) is 10.1 Å². The molecule has 0 radical (unpaired) electrons. The van der Waals surface area contributed by atoms with Crippen molar-refractivity contribution >= 4 is 33.5 Å². The summed E-state index contributed by atoms with van der Waals surface area (Å²) >= 11 is 0. The Bertz CT molecular complexity index is 1640. The second kappa shape index (κ2) is 7.84. The fraction of sp³-hybridized carbons (Fsp3) is 0.192. The normalized spacial score (nSPS) is 16.0. The van der Waals surface area contributed by atoms with Crippen LogP contribution in [0.5, 0.6) is 0 Å². The van der Waals surface area contributed by atoms with E-state index in [0.29, 0.717) is 40.8 Å². The number of nitrogens with zero attached hydrogens (tertiary/aromatic N) is 4. The van der Waals surface area contributed by atoms with Gasteiger partial charge in [-0.2, -0.15) is 18.3 Å². The van der Waals surface area contributed by atoms with E-state index in [4.69, 9.17) is 10.2 Å². The first kappa shape index (κ1) is 22.1. The molecule has 1 aliphatic heterocycles. The van der Waals surface area contributed by atoms with Crippen LogP contribution < -0.4 is 5.73 Å². The molecule has 1 aliphatic rings. The predicted molar refractivity (Wildman–Crippen MR) is 127 cm³/mol. The number of anilines is 1. The third-order valence-corrected chi connectivity index (χ3v) is 6.73. The number of alkyl halides is 3. The van der Waals surface area contributed by atoms with E-state index in [1.165, 1.54) is 12.1 Å². The van der Waals surface area contributed by atoms with Crippen molar-refractivity contribution in [3.63, 3.8) is 0 Å². The maximum absolute atomic E-state index is 13.9. The molecule has 36 heavy (non-hydrogen) atoms. The Kier molecular flexibility index (Phi) is 4.82. The number of aryl methyl sites for hydroxylation is 1. The summed E-state index contributed by atoms with van der Waals surface area (Å²) in [6.07, 6.45) is -0.762. The Morgan fingerprint density at radius 3 is 2.64 bits per heavy atom. The second-order valence-electron chi connectivity index (χ2n) is 8.83. The highest BCUT2D eigenvalue weighted by Crippen LogP contribution is 2.39. The van der Waals surface area contributed by atoms with Crippen LogP contribution in [0.2, 0.25) is 0 Å². The van der Waals surface area contributed by atoms with Crippen molar-refractivity contribution in [3.8, 4) is 0 Å². The van der Waals surface area contributed by atoms with Crippen LogP contribution in [0.25, 0.3) is 21.8 Å². The van der Waals surface area contributed by atoms with Crippen LogP contribution in [0.1, 0.15) is 38.9 Å². The predicted octanol–water partition coefficient (Wildman–Crippen LogP) is 5.10. The fourth-order valence-electron chi connectivity index (χ4n) is 5.01. The number of aromatic nitrogens is 3. The van der Waals surface area contributed by atoms with Gasteiger partial charge in [0, 0.05) is 36.5 Å². The highest BCUT2D eigenvalue weighted by molar-refractivity contribution is 6.10. The summed E-state index contributed by atoms with van der Waals surface area (Å²) in [6, 6.07) is 11.3. The third kappa shape index (κ3) is 3.40. The van der Waals surface area contributed by atoms with Crippen LogP contribution in [0.3, 0.4) is 0 Å². The number of carbonyl (C=O) groups excluding carboxylic acids is 1. The lowest BCUT2D eigenvalue weighted by atomic mass is 9.91. The first-order valence-electron chi connectivity index (χ1n) is 11.3. The third-order valence-electron chi connectivity index (χ3n) is 6.73. The van der Waals surface area contributed by atoms with Crippen molar-refractivity contribution in [2.45, 2.75) is 18.6 Å². The van der Waals surface area contributed by atoms with Crippen LogP contribution in [0.4, 0.5) is 19.0 Å². The summed E-state index contributed by atoms with van der Waals surface area (Å²) in [4.78, 5) is 20.0. The van der Waals surface area contributed by atoms with E-state index in [1.54, 1.807) is 53.4 Å². The zero-order chi connectivity index (χ0) is 25.2. The van der Waals surface area contributed by atoms with Gasteiger partial charge in [0.25, 0.3) is 5.91 Å². The Morgan fingerprint density at radius 2 is 1.89 bits per heavy atom. The fourth-order valence-corrected chi connectivity index (χ4v) is 5.01. The number of fused-ring (bicyclic) bond motifs is 4. The van der Waals surface area contributed by atoms with Gasteiger partial charge in [0.15, 0.2) is 0 Å². The SMILES string of the molecule is Cn1ncc2c(N)nc3ccc(C(=O)N4CCc5occc5C4c4ccc(C(F)(F)F)cc4)cc3c21. The number of nitrogen functional groups attached to an aromatic ring is 1. The van der Waals surface area contributed by atoms with Gasteiger partial charge in [-0.05, 0) is 42.0 Å². The second-order valence-corrected chi connectivity index (χ2v) is 8.83. The quantitative estimate of drug-likeness (QED) is 0.371. The van der Waals surface area contributed by atoms with E-state index in [9.17, 15) is 18.0 Å². The molecule has 2 aromatic carbocycles. The maximum Gasteiger partial charge on any atom is 0.416 e. The van der Waals surface area contributed by atoms with Gasteiger partial charge < -0.3 is 15.1 Å². The number of nitrogens with two attached hydrogens (primary N) is 1. The Labute approximate surface area is 202 Å². The smallest absolute Gasteiger partial charge is 0.416 e. The van der Waals surface area contributed by atoms with Gasteiger partial charge in [0.1, 0.15) is 11.6 Å². The van der Waals surface area contributed by atoms with E-state index in [1.807, 2.05) is 0 Å². The van der Waals surface area contributed by atoms with Crippen molar-refractivity contribution in [2.24, 2.45) is 7.05 Å². The van der Waals surface area contributed by atoms with Gasteiger partial charge in [-0.25, -0.2) is 4.98 Å². The van der Waals surface area contributed by atoms with Gasteiger partial charge in [-0.15, -0.1) is 0 Å². The van der Waals surface area contributed by atoms with Crippen LogP contribution >= 0.6 is 0 Å². The lowest BCUT2D eigenvalue weighted by molar-refractivity contribution is -0.137. The molecular formula is C26H20F3N5O2. The Morgan fingerprint density at radius 1 is 1.11 bits per heavy atom. The van der Waals surface area contributed by atoms with Gasteiger partial charge in [-0.1, -0.05) is 12.1 Å². The molecule has 0 spiro atoms. The summed E-state index contributed by atoms with van der Waals surface area (Å²) in [7, 11) is 1.79. The standard InChI is InChI=1S/C26H20F3N5O2/c1-33-23-18-12-15(4-7-20(18)32-24(30)19(23)13-31-33)25(35)34-10-8-21-17(9-11-36-21)22(34)14-2-5-16(6-3-14)26(27,28)29/h2-7,9,11-13,22H,8,10H2,1H3,(H2,30,32). The molecule has 10 heteroatoms. The zero-order valence-corrected chi connectivity index (χ0v) is 19.1. The number of rotatable bonds is 2. The molecule has 3 aromatic heterocycles. The average molecular weight is 491 g/mol. The number of halogens is 3. The minimum absolute atomic E-state index is 0.249. The van der Waals surface area contributed by atoms with E-state index in [0.717, 1.165) is 34.4 Å². The van der Waals surface area contributed by atoms with Crippen LogP contribution in [-0.4, -0.2) is 32.1 Å². The van der Waals surface area contributed by atoms with Gasteiger partial charge >= 0.3 is 6.18 Å². The first-order chi connectivity index (χ1) is 17.2. The Hall–Kier alpha value is -4.34. The van der Waals surface area contributed by atoms with Crippen LogP contribution in [0.15, 0.2) is 65.4 Å². The van der Waals surface area contributed by atoms with E-state index in [-0.39, 0.29) is 5.91 Å². The molecule has 1 amide bonds. The lowest BCUT2D eigenvalue weighted by Crippen LogP contribution is -2.40. The topological polar surface area (TPSA) is 90.2 Å². The summed E-state index contributed by atoms with van der Waals surface area (Å²) in [6.45, 7) is 0.351. The maximum atomic E-state index is 13.9. The summed E-state index contributed by atoms with van der Waals surface area (Å²) in [5, 5.41) is 5.70. The van der Waals surface area contributed by atoms with Gasteiger partial charge in [0.2, 0.25) is 0 Å². The molecule has 5 aromatic rings. The number of carbonyl (C=O) groups is 1. The van der Waals surface area contributed by atoms with Gasteiger partial charge in [0.05, 0.1) is 40.5 Å². The molecule has 0 bridgehead atoms. The number of amides is 1. The number of furan rings is 1. The molecule has 0 saturated heterocycles.